The second-order valence-electron chi connectivity index (χ2n) is 8.24. The first-order valence-electron chi connectivity index (χ1n) is 11.7. The van der Waals surface area contributed by atoms with Gasteiger partial charge in [0.2, 0.25) is 5.91 Å². The van der Waals surface area contributed by atoms with Crippen LogP contribution in [0.1, 0.15) is 23.6 Å². The van der Waals surface area contributed by atoms with Gasteiger partial charge in [0, 0.05) is 16.8 Å². The first kappa shape index (κ1) is 25.0. The summed E-state index contributed by atoms with van der Waals surface area (Å²) >= 11 is 1.27. The number of amides is 1. The molecule has 0 spiro atoms. The summed E-state index contributed by atoms with van der Waals surface area (Å²) in [4.78, 5) is 17.7. The summed E-state index contributed by atoms with van der Waals surface area (Å²) in [5.41, 5.74) is 6.77. The third-order valence-corrected chi connectivity index (χ3v) is 6.89. The van der Waals surface area contributed by atoms with Crippen LogP contribution < -0.4 is 10.1 Å². The van der Waals surface area contributed by atoms with Crippen molar-refractivity contribution in [1.29, 1.82) is 5.26 Å². The van der Waals surface area contributed by atoms with Gasteiger partial charge in [-0.25, -0.2) is 4.98 Å². The molecule has 0 fully saturated rings. The standard InChI is InChI=1S/C30H27N3O2S/c1-4-21-12-8-9-20(2)29(21)33-28(34)19-36-30-26(18-31)25(22-10-6-5-7-11-22)17-27(32-30)23-13-15-24(35-3)16-14-23/h5-17H,4,19H2,1-3H3,(H,33,34). The van der Waals surface area contributed by atoms with Crippen LogP contribution in [0.25, 0.3) is 22.4 Å². The Labute approximate surface area is 216 Å². The largest absolute Gasteiger partial charge is 0.497 e. The number of carbonyl (C=O) groups is 1. The van der Waals surface area contributed by atoms with E-state index >= 15 is 0 Å². The molecule has 180 valence electrons. The Hall–Kier alpha value is -4.08. The van der Waals surface area contributed by atoms with E-state index < -0.39 is 0 Å². The van der Waals surface area contributed by atoms with Crippen LogP contribution in [0, 0.1) is 18.3 Å². The molecular formula is C30H27N3O2S. The molecular weight excluding hydrogens is 466 g/mol. The lowest BCUT2D eigenvalue weighted by Gasteiger charge is -2.14. The lowest BCUT2D eigenvalue weighted by atomic mass is 9.99. The van der Waals surface area contributed by atoms with Gasteiger partial charge in [0.15, 0.2) is 0 Å². The number of carbonyl (C=O) groups excluding carboxylic acids is 1. The Morgan fingerprint density at radius 3 is 2.44 bits per heavy atom. The third kappa shape index (κ3) is 5.59. The van der Waals surface area contributed by atoms with Gasteiger partial charge in [-0.15, -0.1) is 0 Å². The van der Waals surface area contributed by atoms with E-state index in [9.17, 15) is 10.1 Å². The zero-order valence-electron chi connectivity index (χ0n) is 20.5. The molecule has 5 nitrogen and oxygen atoms in total. The molecule has 3 aromatic carbocycles. The maximum absolute atomic E-state index is 12.9. The Kier molecular flexibility index (Phi) is 8.04. The van der Waals surface area contributed by atoms with E-state index in [0.29, 0.717) is 10.6 Å². The molecule has 0 aliphatic carbocycles. The number of para-hydroxylation sites is 1. The second-order valence-corrected chi connectivity index (χ2v) is 9.21. The number of rotatable bonds is 8. The minimum Gasteiger partial charge on any atom is -0.497 e. The molecule has 6 heteroatoms. The summed E-state index contributed by atoms with van der Waals surface area (Å²) < 4.78 is 5.28. The third-order valence-electron chi connectivity index (χ3n) is 5.91. The molecule has 0 saturated heterocycles. The van der Waals surface area contributed by atoms with Crippen LogP contribution in [-0.4, -0.2) is 23.8 Å². The molecule has 0 saturated carbocycles. The van der Waals surface area contributed by atoms with Gasteiger partial charge in [-0.3, -0.25) is 4.79 Å². The number of methoxy groups -OCH3 is 1. The van der Waals surface area contributed by atoms with E-state index in [1.165, 1.54) is 11.8 Å². The first-order chi connectivity index (χ1) is 17.5. The van der Waals surface area contributed by atoms with Crippen molar-refractivity contribution in [3.8, 4) is 34.2 Å². The first-order valence-corrected chi connectivity index (χ1v) is 12.7. The lowest BCUT2D eigenvalue weighted by molar-refractivity contribution is -0.113. The van der Waals surface area contributed by atoms with Crippen molar-refractivity contribution in [2.24, 2.45) is 0 Å². The van der Waals surface area contributed by atoms with Crippen LogP contribution in [0.2, 0.25) is 0 Å². The number of pyridine rings is 1. The molecule has 1 N–H and O–H groups in total. The zero-order chi connectivity index (χ0) is 25.5. The monoisotopic (exact) mass is 493 g/mol. The van der Waals surface area contributed by atoms with Crippen LogP contribution in [0.4, 0.5) is 5.69 Å². The average molecular weight is 494 g/mol. The van der Waals surface area contributed by atoms with Gasteiger partial charge >= 0.3 is 0 Å². The minimum atomic E-state index is -0.134. The molecule has 4 aromatic rings. The summed E-state index contributed by atoms with van der Waals surface area (Å²) in [5.74, 6) is 0.759. The molecule has 0 atom stereocenters. The fourth-order valence-corrected chi connectivity index (χ4v) is 4.80. The molecule has 0 aliphatic rings. The Morgan fingerprint density at radius 1 is 1.03 bits per heavy atom. The van der Waals surface area contributed by atoms with Crippen LogP contribution in [0.3, 0.4) is 0 Å². The number of thioether (sulfide) groups is 1. The van der Waals surface area contributed by atoms with Crippen LogP contribution in [-0.2, 0) is 11.2 Å². The van der Waals surface area contributed by atoms with E-state index in [0.717, 1.165) is 51.4 Å². The highest BCUT2D eigenvalue weighted by Crippen LogP contribution is 2.34. The van der Waals surface area contributed by atoms with Crippen molar-refractivity contribution in [3.63, 3.8) is 0 Å². The second kappa shape index (κ2) is 11.6. The number of nitriles is 1. The molecule has 36 heavy (non-hydrogen) atoms. The lowest BCUT2D eigenvalue weighted by Crippen LogP contribution is -2.16. The number of hydrogen-bond donors (Lipinski definition) is 1. The van der Waals surface area contributed by atoms with Crippen molar-refractivity contribution in [2.45, 2.75) is 25.3 Å². The highest BCUT2D eigenvalue weighted by molar-refractivity contribution is 8.00. The molecule has 1 aromatic heterocycles. The van der Waals surface area contributed by atoms with E-state index in [1.54, 1.807) is 7.11 Å². The van der Waals surface area contributed by atoms with Crippen molar-refractivity contribution in [1.82, 2.24) is 4.98 Å². The summed E-state index contributed by atoms with van der Waals surface area (Å²) in [6.45, 7) is 4.06. The van der Waals surface area contributed by atoms with Crippen molar-refractivity contribution < 1.29 is 9.53 Å². The number of anilines is 1. The smallest absolute Gasteiger partial charge is 0.234 e. The molecule has 1 amide bonds. The predicted octanol–water partition coefficient (Wildman–Crippen LogP) is 6.90. The molecule has 0 aliphatic heterocycles. The summed E-state index contributed by atoms with van der Waals surface area (Å²) in [6.07, 6.45) is 0.828. The number of benzene rings is 3. The molecule has 1 heterocycles. The highest BCUT2D eigenvalue weighted by Gasteiger charge is 2.18. The molecule has 4 rings (SSSR count). The number of nitrogens with zero attached hydrogens (tertiary/aromatic N) is 2. The van der Waals surface area contributed by atoms with Crippen molar-refractivity contribution in [2.75, 3.05) is 18.2 Å². The SMILES string of the molecule is CCc1cccc(C)c1NC(=O)CSc1nc(-c2ccc(OC)cc2)cc(-c2ccccc2)c1C#N. The maximum atomic E-state index is 12.9. The fourth-order valence-electron chi connectivity index (χ4n) is 4.00. The van der Waals surface area contributed by atoms with Gasteiger partial charge < -0.3 is 10.1 Å². The number of hydrogen-bond acceptors (Lipinski definition) is 5. The Balaban J connectivity index is 1.68. The van der Waals surface area contributed by atoms with Gasteiger partial charge in [0.05, 0.1) is 24.1 Å². The van der Waals surface area contributed by atoms with E-state index in [-0.39, 0.29) is 11.7 Å². The van der Waals surface area contributed by atoms with Gasteiger partial charge in [0.1, 0.15) is 16.8 Å². The quantitative estimate of drug-likeness (QED) is 0.270. The summed E-state index contributed by atoms with van der Waals surface area (Å²) in [7, 11) is 1.63. The van der Waals surface area contributed by atoms with Gasteiger partial charge in [0.25, 0.3) is 0 Å². The number of aromatic nitrogens is 1. The number of aryl methyl sites for hydroxylation is 2. The minimum absolute atomic E-state index is 0.134. The van der Waals surface area contributed by atoms with Crippen LogP contribution >= 0.6 is 11.8 Å². The van der Waals surface area contributed by atoms with E-state index in [1.807, 2.05) is 85.8 Å². The molecule has 0 bridgehead atoms. The summed E-state index contributed by atoms with van der Waals surface area (Å²) in [5, 5.41) is 13.7. The van der Waals surface area contributed by atoms with Crippen LogP contribution in [0.5, 0.6) is 5.75 Å². The average Bonchev–Trinajstić information content (AvgIpc) is 2.93. The van der Waals surface area contributed by atoms with Gasteiger partial charge in [-0.1, -0.05) is 67.2 Å². The highest BCUT2D eigenvalue weighted by atomic mass is 32.2. The van der Waals surface area contributed by atoms with Crippen molar-refractivity contribution in [3.05, 3.63) is 95.6 Å². The number of nitrogens with one attached hydrogen (secondary N) is 1. The van der Waals surface area contributed by atoms with E-state index in [2.05, 4.69) is 18.3 Å². The van der Waals surface area contributed by atoms with E-state index in [4.69, 9.17) is 9.72 Å². The Bertz CT molecular complexity index is 1410. The predicted molar refractivity (Wildman–Crippen MR) is 146 cm³/mol. The van der Waals surface area contributed by atoms with Gasteiger partial charge in [-0.05, 0) is 60.4 Å². The normalized spacial score (nSPS) is 10.5. The zero-order valence-corrected chi connectivity index (χ0v) is 21.4. The molecule has 0 radical (unpaired) electrons. The topological polar surface area (TPSA) is 75.0 Å². The fraction of sp³-hybridized carbons (Fsp3) is 0.167. The molecule has 0 unspecified atom stereocenters. The summed E-state index contributed by atoms with van der Waals surface area (Å²) in [6, 6.07) is 27.7. The Morgan fingerprint density at radius 2 is 1.78 bits per heavy atom. The van der Waals surface area contributed by atoms with Crippen molar-refractivity contribution >= 4 is 23.4 Å². The van der Waals surface area contributed by atoms with Gasteiger partial charge in [-0.2, -0.15) is 5.26 Å². The number of ether oxygens (including phenoxy) is 1. The van der Waals surface area contributed by atoms with Crippen LogP contribution in [0.15, 0.2) is 83.9 Å². The maximum Gasteiger partial charge on any atom is 0.234 e.